The predicted octanol–water partition coefficient (Wildman–Crippen LogP) is 2.44. The van der Waals surface area contributed by atoms with E-state index in [0.29, 0.717) is 18.7 Å². The second-order valence-electron chi connectivity index (χ2n) is 3.84. The van der Waals surface area contributed by atoms with Gasteiger partial charge in [0.05, 0.1) is 5.56 Å². The third kappa shape index (κ3) is 3.09. The van der Waals surface area contributed by atoms with Crippen LogP contribution in [0.1, 0.15) is 20.8 Å². The number of carbonyl (C=O) groups is 1. The highest BCUT2D eigenvalue weighted by Crippen LogP contribution is 2.17. The number of para-hydroxylation sites is 1. The molecule has 0 aliphatic carbocycles. The summed E-state index contributed by atoms with van der Waals surface area (Å²) < 4.78 is 0. The third-order valence-corrected chi connectivity index (χ3v) is 3.44. The van der Waals surface area contributed by atoms with E-state index in [-0.39, 0.29) is 5.75 Å². The van der Waals surface area contributed by atoms with Crippen molar-refractivity contribution in [1.82, 2.24) is 5.32 Å². The quantitative estimate of drug-likeness (QED) is 0.775. The van der Waals surface area contributed by atoms with Crippen molar-refractivity contribution in [2.75, 3.05) is 0 Å². The smallest absolute Gasteiger partial charge is 0.336 e. The number of hydrogen-bond donors (Lipinski definition) is 3. The standard InChI is InChI=1S/C13H13NO3S/c15-12-4-2-1-3-9(12)6-14-7-11-5-10(8-18-11)13(16)17/h1-5,8,14-15H,6-7H2,(H,16,17). The van der Waals surface area contributed by atoms with Crippen LogP contribution in [-0.4, -0.2) is 16.2 Å². The molecule has 0 bridgehead atoms. The van der Waals surface area contributed by atoms with Gasteiger partial charge in [-0.15, -0.1) is 11.3 Å². The molecule has 2 aromatic rings. The lowest BCUT2D eigenvalue weighted by molar-refractivity contribution is 0.0697. The minimum atomic E-state index is -0.904. The van der Waals surface area contributed by atoms with Crippen molar-refractivity contribution in [3.8, 4) is 5.75 Å². The number of rotatable bonds is 5. The zero-order chi connectivity index (χ0) is 13.0. The molecule has 0 unspecified atom stereocenters. The molecule has 1 aromatic heterocycles. The number of phenols is 1. The molecule has 4 nitrogen and oxygen atoms in total. The first kappa shape index (κ1) is 12.6. The molecule has 1 aromatic carbocycles. The number of nitrogens with one attached hydrogen (secondary N) is 1. The van der Waals surface area contributed by atoms with Gasteiger partial charge in [-0.05, 0) is 12.1 Å². The van der Waals surface area contributed by atoms with Gasteiger partial charge in [-0.2, -0.15) is 0 Å². The molecule has 0 saturated carbocycles. The molecule has 0 saturated heterocycles. The molecule has 94 valence electrons. The molecule has 1 heterocycles. The minimum absolute atomic E-state index is 0.266. The van der Waals surface area contributed by atoms with Crippen LogP contribution >= 0.6 is 11.3 Å². The lowest BCUT2D eigenvalue weighted by Crippen LogP contribution is -2.11. The van der Waals surface area contributed by atoms with E-state index < -0.39 is 5.97 Å². The van der Waals surface area contributed by atoms with Gasteiger partial charge >= 0.3 is 5.97 Å². The topological polar surface area (TPSA) is 69.6 Å². The molecular formula is C13H13NO3S. The fourth-order valence-corrected chi connectivity index (χ4v) is 2.39. The zero-order valence-electron chi connectivity index (χ0n) is 9.59. The summed E-state index contributed by atoms with van der Waals surface area (Å²) >= 11 is 1.41. The third-order valence-electron chi connectivity index (χ3n) is 2.51. The van der Waals surface area contributed by atoms with Gasteiger partial charge < -0.3 is 15.5 Å². The van der Waals surface area contributed by atoms with Gasteiger partial charge in [-0.25, -0.2) is 4.79 Å². The molecular weight excluding hydrogens is 250 g/mol. The van der Waals surface area contributed by atoms with E-state index in [0.717, 1.165) is 10.4 Å². The summed E-state index contributed by atoms with van der Waals surface area (Å²) in [6.45, 7) is 1.14. The maximum absolute atomic E-state index is 10.7. The monoisotopic (exact) mass is 263 g/mol. The van der Waals surface area contributed by atoms with Gasteiger partial charge in [-0.3, -0.25) is 0 Å². The van der Waals surface area contributed by atoms with Crippen LogP contribution in [0.25, 0.3) is 0 Å². The maximum atomic E-state index is 10.7. The van der Waals surface area contributed by atoms with Crippen LogP contribution in [-0.2, 0) is 13.1 Å². The van der Waals surface area contributed by atoms with Crippen LogP contribution in [0.2, 0.25) is 0 Å². The summed E-state index contributed by atoms with van der Waals surface area (Å²) in [6.07, 6.45) is 0. The van der Waals surface area contributed by atoms with Crippen LogP contribution in [0, 0.1) is 0 Å². The first-order valence-electron chi connectivity index (χ1n) is 5.45. The molecule has 5 heteroatoms. The van der Waals surface area contributed by atoms with Crippen molar-refractivity contribution < 1.29 is 15.0 Å². The first-order chi connectivity index (χ1) is 8.66. The highest BCUT2D eigenvalue weighted by atomic mass is 32.1. The molecule has 0 amide bonds. The van der Waals surface area contributed by atoms with E-state index in [4.69, 9.17) is 5.11 Å². The number of hydrogen-bond acceptors (Lipinski definition) is 4. The molecule has 0 atom stereocenters. The molecule has 2 rings (SSSR count). The average molecular weight is 263 g/mol. The Hall–Kier alpha value is -1.85. The van der Waals surface area contributed by atoms with Gasteiger partial charge in [0.2, 0.25) is 0 Å². The second-order valence-corrected chi connectivity index (χ2v) is 4.83. The van der Waals surface area contributed by atoms with Gasteiger partial charge in [0.15, 0.2) is 0 Å². The van der Waals surface area contributed by atoms with Crippen LogP contribution in [0.3, 0.4) is 0 Å². The van der Waals surface area contributed by atoms with Crippen LogP contribution in [0.5, 0.6) is 5.75 Å². The SMILES string of the molecule is O=C(O)c1csc(CNCc2ccccc2O)c1. The van der Waals surface area contributed by atoms with Gasteiger partial charge in [0, 0.05) is 28.9 Å². The van der Waals surface area contributed by atoms with Crippen LogP contribution in [0.15, 0.2) is 35.7 Å². The summed E-state index contributed by atoms with van der Waals surface area (Å²) in [4.78, 5) is 11.7. The van der Waals surface area contributed by atoms with Gasteiger partial charge in [0.25, 0.3) is 0 Å². The number of phenolic OH excluding ortho intramolecular Hbond substituents is 1. The molecule has 0 radical (unpaired) electrons. The fraction of sp³-hybridized carbons (Fsp3) is 0.154. The Morgan fingerprint density at radius 3 is 2.72 bits per heavy atom. The Bertz CT molecular complexity index is 551. The molecule has 0 fully saturated rings. The van der Waals surface area contributed by atoms with E-state index in [1.807, 2.05) is 12.1 Å². The maximum Gasteiger partial charge on any atom is 0.336 e. The minimum Gasteiger partial charge on any atom is -0.508 e. The Labute approximate surface area is 109 Å². The number of carboxylic acids is 1. The Kier molecular flexibility index (Phi) is 3.96. The summed E-state index contributed by atoms with van der Waals surface area (Å²) in [6, 6.07) is 8.79. The Balaban J connectivity index is 1.88. The number of aromatic carboxylic acids is 1. The van der Waals surface area contributed by atoms with Crippen molar-refractivity contribution >= 4 is 17.3 Å². The van der Waals surface area contributed by atoms with E-state index >= 15 is 0 Å². The number of benzene rings is 1. The van der Waals surface area contributed by atoms with Gasteiger partial charge in [-0.1, -0.05) is 18.2 Å². The molecule has 0 aliphatic rings. The normalized spacial score (nSPS) is 10.4. The second kappa shape index (κ2) is 5.66. The Morgan fingerprint density at radius 2 is 2.06 bits per heavy atom. The highest BCUT2D eigenvalue weighted by Gasteiger charge is 2.06. The average Bonchev–Trinajstić information content (AvgIpc) is 2.80. The fourth-order valence-electron chi connectivity index (χ4n) is 1.57. The lowest BCUT2D eigenvalue weighted by Gasteiger charge is -2.05. The molecule has 3 N–H and O–H groups in total. The van der Waals surface area contributed by atoms with Crippen LogP contribution in [0.4, 0.5) is 0 Å². The largest absolute Gasteiger partial charge is 0.508 e. The van der Waals surface area contributed by atoms with E-state index in [9.17, 15) is 9.90 Å². The summed E-state index contributed by atoms with van der Waals surface area (Å²) in [5.74, 6) is -0.638. The summed E-state index contributed by atoms with van der Waals surface area (Å²) in [5.41, 5.74) is 1.15. The molecule has 0 spiro atoms. The van der Waals surface area contributed by atoms with Crippen molar-refractivity contribution in [3.05, 3.63) is 51.7 Å². The van der Waals surface area contributed by atoms with Crippen molar-refractivity contribution in [1.29, 1.82) is 0 Å². The number of thiophene rings is 1. The zero-order valence-corrected chi connectivity index (χ0v) is 10.4. The molecule has 0 aliphatic heterocycles. The van der Waals surface area contributed by atoms with Gasteiger partial charge in [0.1, 0.15) is 5.75 Å². The summed E-state index contributed by atoms with van der Waals surface area (Å²) in [7, 11) is 0. The summed E-state index contributed by atoms with van der Waals surface area (Å²) in [5, 5.41) is 23.2. The highest BCUT2D eigenvalue weighted by molar-refractivity contribution is 7.10. The van der Waals surface area contributed by atoms with E-state index in [1.165, 1.54) is 11.3 Å². The Morgan fingerprint density at radius 1 is 1.28 bits per heavy atom. The van der Waals surface area contributed by atoms with E-state index in [2.05, 4.69) is 5.32 Å². The molecule has 18 heavy (non-hydrogen) atoms. The number of carboxylic acid groups (broad SMARTS) is 1. The first-order valence-corrected chi connectivity index (χ1v) is 6.33. The predicted molar refractivity (Wildman–Crippen MR) is 69.9 cm³/mol. The number of aromatic hydroxyl groups is 1. The van der Waals surface area contributed by atoms with Crippen molar-refractivity contribution in [2.45, 2.75) is 13.1 Å². The van der Waals surface area contributed by atoms with Crippen molar-refractivity contribution in [2.24, 2.45) is 0 Å². The lowest BCUT2D eigenvalue weighted by atomic mass is 10.2. The van der Waals surface area contributed by atoms with Crippen LogP contribution < -0.4 is 5.32 Å². The van der Waals surface area contributed by atoms with E-state index in [1.54, 1.807) is 23.6 Å². The van der Waals surface area contributed by atoms with Crippen molar-refractivity contribution in [3.63, 3.8) is 0 Å².